The van der Waals surface area contributed by atoms with Crippen LogP contribution in [0.4, 0.5) is 10.1 Å². The Bertz CT molecular complexity index is 712. The molecular formula is C16H14FN3O2. The molecule has 0 spiro atoms. The highest BCUT2D eigenvalue weighted by atomic mass is 19.1. The number of nitrogens with one attached hydrogen (secondary N) is 2. The smallest absolute Gasteiger partial charge is 0.318 e. The summed E-state index contributed by atoms with van der Waals surface area (Å²) in [5, 5.41) is 5.98. The van der Waals surface area contributed by atoms with E-state index >= 15 is 0 Å². The number of carbonyl (C=O) groups is 2. The molecule has 5 nitrogen and oxygen atoms in total. The average Bonchev–Trinajstić information content (AvgIpc) is 2.51. The van der Waals surface area contributed by atoms with Crippen molar-refractivity contribution in [2.75, 3.05) is 5.32 Å². The topological polar surface area (TPSA) is 70.6 Å². The Kier molecular flexibility index (Phi) is 4.98. The fraction of sp³-hybridized carbons (Fsp3) is 0.0625. The molecular weight excluding hydrogens is 285 g/mol. The number of nitrogens with zero attached hydrogens (tertiary/aromatic N) is 1. The number of aryl methyl sites for hydroxylation is 1. The van der Waals surface area contributed by atoms with Crippen molar-refractivity contribution in [2.45, 2.75) is 6.92 Å². The zero-order valence-corrected chi connectivity index (χ0v) is 11.8. The monoisotopic (exact) mass is 299 g/mol. The summed E-state index contributed by atoms with van der Waals surface area (Å²) in [6, 6.07) is 12.9. The van der Waals surface area contributed by atoms with Crippen LogP contribution >= 0.6 is 0 Å². The molecule has 0 saturated carbocycles. The van der Waals surface area contributed by atoms with Gasteiger partial charge in [-0.25, -0.2) is 9.82 Å². The fourth-order valence-electron chi connectivity index (χ4n) is 1.62. The molecule has 2 amide bonds. The van der Waals surface area contributed by atoms with E-state index < -0.39 is 17.6 Å². The highest BCUT2D eigenvalue weighted by molar-refractivity contribution is 6.39. The summed E-state index contributed by atoms with van der Waals surface area (Å²) >= 11 is 0. The highest BCUT2D eigenvalue weighted by Gasteiger charge is 2.12. The normalized spacial score (nSPS) is 10.5. The summed E-state index contributed by atoms with van der Waals surface area (Å²) in [5.41, 5.74) is 3.79. The van der Waals surface area contributed by atoms with Crippen LogP contribution < -0.4 is 10.7 Å². The molecule has 0 aliphatic rings. The lowest BCUT2D eigenvalue weighted by Gasteiger charge is -2.04. The van der Waals surface area contributed by atoms with Crippen LogP contribution in [0.2, 0.25) is 0 Å². The molecule has 0 fully saturated rings. The molecule has 0 heterocycles. The first-order valence-electron chi connectivity index (χ1n) is 6.52. The molecule has 0 aliphatic heterocycles. The summed E-state index contributed by atoms with van der Waals surface area (Å²) in [6.07, 6.45) is 1.13. The third kappa shape index (κ3) is 4.24. The van der Waals surface area contributed by atoms with Gasteiger partial charge in [0.15, 0.2) is 0 Å². The van der Waals surface area contributed by atoms with Crippen LogP contribution in [0.15, 0.2) is 53.6 Å². The molecule has 0 saturated heterocycles. The van der Waals surface area contributed by atoms with E-state index in [2.05, 4.69) is 10.4 Å². The summed E-state index contributed by atoms with van der Waals surface area (Å²) in [5.74, 6) is -2.26. The molecule has 0 aromatic heterocycles. The third-order valence-corrected chi connectivity index (χ3v) is 2.79. The van der Waals surface area contributed by atoms with Crippen LogP contribution in [0.25, 0.3) is 0 Å². The van der Waals surface area contributed by atoms with Crippen LogP contribution in [0.3, 0.4) is 0 Å². The summed E-state index contributed by atoms with van der Waals surface area (Å²) < 4.78 is 13.3. The largest absolute Gasteiger partial charge is 0.329 e. The minimum Gasteiger partial charge on any atom is -0.318 e. The molecule has 112 valence electrons. The zero-order chi connectivity index (χ0) is 15.9. The van der Waals surface area contributed by atoms with Gasteiger partial charge in [0.05, 0.1) is 6.21 Å². The van der Waals surface area contributed by atoms with Gasteiger partial charge in [-0.15, -0.1) is 0 Å². The van der Waals surface area contributed by atoms with Gasteiger partial charge in [0, 0.05) is 11.3 Å². The van der Waals surface area contributed by atoms with Crippen molar-refractivity contribution in [1.82, 2.24) is 5.43 Å². The van der Waals surface area contributed by atoms with Crippen molar-refractivity contribution in [1.29, 1.82) is 0 Å². The Balaban J connectivity index is 1.90. The van der Waals surface area contributed by atoms with Gasteiger partial charge in [0.25, 0.3) is 0 Å². The molecule has 0 unspecified atom stereocenters. The van der Waals surface area contributed by atoms with Crippen molar-refractivity contribution in [3.05, 3.63) is 65.5 Å². The highest BCUT2D eigenvalue weighted by Crippen LogP contribution is 2.08. The van der Waals surface area contributed by atoms with E-state index in [0.717, 1.165) is 11.8 Å². The first kappa shape index (κ1) is 15.4. The maximum atomic E-state index is 13.3. The van der Waals surface area contributed by atoms with Crippen molar-refractivity contribution in [3.63, 3.8) is 0 Å². The molecule has 0 bridgehead atoms. The second-order valence-electron chi connectivity index (χ2n) is 4.54. The number of hydrogen-bond acceptors (Lipinski definition) is 3. The minimum atomic E-state index is -0.937. The maximum Gasteiger partial charge on any atom is 0.329 e. The lowest BCUT2D eigenvalue weighted by atomic mass is 10.2. The van der Waals surface area contributed by atoms with Crippen LogP contribution in [0.1, 0.15) is 11.1 Å². The van der Waals surface area contributed by atoms with Gasteiger partial charge in [-0.1, -0.05) is 35.9 Å². The summed E-state index contributed by atoms with van der Waals surface area (Å²) in [6.45, 7) is 1.91. The Morgan fingerprint density at radius 1 is 1.05 bits per heavy atom. The fourth-order valence-corrected chi connectivity index (χ4v) is 1.62. The number of anilines is 1. The predicted molar refractivity (Wildman–Crippen MR) is 81.9 cm³/mol. The van der Waals surface area contributed by atoms with Crippen molar-refractivity contribution >= 4 is 23.7 Å². The number of amides is 2. The van der Waals surface area contributed by atoms with E-state index in [1.54, 1.807) is 24.3 Å². The predicted octanol–water partition coefficient (Wildman–Crippen LogP) is 2.22. The number of hydrogen-bond donors (Lipinski definition) is 2. The van der Waals surface area contributed by atoms with Gasteiger partial charge < -0.3 is 5.32 Å². The second-order valence-corrected chi connectivity index (χ2v) is 4.54. The van der Waals surface area contributed by atoms with Crippen molar-refractivity contribution < 1.29 is 14.0 Å². The van der Waals surface area contributed by atoms with Crippen molar-refractivity contribution in [2.24, 2.45) is 5.10 Å². The van der Waals surface area contributed by atoms with Gasteiger partial charge in [-0.2, -0.15) is 5.10 Å². The average molecular weight is 299 g/mol. The van der Waals surface area contributed by atoms with Crippen molar-refractivity contribution in [3.8, 4) is 0 Å². The first-order valence-corrected chi connectivity index (χ1v) is 6.52. The first-order chi connectivity index (χ1) is 10.6. The molecule has 2 N–H and O–H groups in total. The van der Waals surface area contributed by atoms with Crippen LogP contribution in [-0.2, 0) is 9.59 Å². The SMILES string of the molecule is Cc1ccc(NC(=O)C(=O)NN=Cc2ccccc2F)cc1. The number of hydrazone groups is 1. The molecule has 0 aliphatic carbocycles. The Morgan fingerprint density at radius 2 is 1.73 bits per heavy atom. The Morgan fingerprint density at radius 3 is 2.41 bits per heavy atom. The number of benzene rings is 2. The van der Waals surface area contributed by atoms with E-state index in [4.69, 9.17) is 0 Å². The van der Waals surface area contributed by atoms with E-state index in [1.165, 1.54) is 12.1 Å². The third-order valence-electron chi connectivity index (χ3n) is 2.79. The van der Waals surface area contributed by atoms with Gasteiger partial charge in [-0.05, 0) is 25.1 Å². The molecule has 2 rings (SSSR count). The summed E-state index contributed by atoms with van der Waals surface area (Å²) in [4.78, 5) is 23.2. The van der Waals surface area contributed by atoms with E-state index in [-0.39, 0.29) is 5.56 Å². The number of rotatable bonds is 3. The lowest BCUT2D eigenvalue weighted by Crippen LogP contribution is -2.32. The Labute approximate surface area is 126 Å². The van der Waals surface area contributed by atoms with Gasteiger partial charge >= 0.3 is 11.8 Å². The molecule has 0 atom stereocenters. The van der Waals surface area contributed by atoms with E-state index in [9.17, 15) is 14.0 Å². The molecule has 0 radical (unpaired) electrons. The number of carbonyl (C=O) groups excluding carboxylic acids is 2. The molecule has 6 heteroatoms. The van der Waals surface area contributed by atoms with Crippen LogP contribution in [-0.4, -0.2) is 18.0 Å². The van der Waals surface area contributed by atoms with Gasteiger partial charge in [-0.3, -0.25) is 9.59 Å². The standard InChI is InChI=1S/C16H14FN3O2/c1-11-6-8-13(9-7-11)19-15(21)16(22)20-18-10-12-4-2-3-5-14(12)17/h2-10H,1H3,(H,19,21)(H,20,22). The maximum absolute atomic E-state index is 13.3. The zero-order valence-electron chi connectivity index (χ0n) is 11.8. The van der Waals surface area contributed by atoms with Crippen LogP contribution in [0, 0.1) is 12.7 Å². The quantitative estimate of drug-likeness (QED) is 0.518. The van der Waals surface area contributed by atoms with E-state index in [1.807, 2.05) is 24.5 Å². The van der Waals surface area contributed by atoms with Gasteiger partial charge in [0.2, 0.25) is 0 Å². The molecule has 22 heavy (non-hydrogen) atoms. The molecule has 2 aromatic rings. The van der Waals surface area contributed by atoms with E-state index in [0.29, 0.717) is 5.69 Å². The minimum absolute atomic E-state index is 0.210. The lowest BCUT2D eigenvalue weighted by molar-refractivity contribution is -0.136. The van der Waals surface area contributed by atoms with Crippen LogP contribution in [0.5, 0.6) is 0 Å². The Hall–Kier alpha value is -3.02. The number of halogens is 1. The second kappa shape index (κ2) is 7.12. The summed E-state index contributed by atoms with van der Waals surface area (Å²) in [7, 11) is 0. The molecule has 2 aromatic carbocycles. The van der Waals surface area contributed by atoms with Gasteiger partial charge in [0.1, 0.15) is 5.82 Å².